The molecule has 0 aliphatic heterocycles. The van der Waals surface area contributed by atoms with Crippen molar-refractivity contribution in [3.63, 3.8) is 0 Å². The van der Waals surface area contributed by atoms with Crippen LogP contribution in [0.15, 0.2) is 44.9 Å². The van der Waals surface area contributed by atoms with Gasteiger partial charge < -0.3 is 4.98 Å². The summed E-state index contributed by atoms with van der Waals surface area (Å²) in [4.78, 5) is 15.9. The fraction of sp³-hybridized carbons (Fsp3) is 0.0769. The Morgan fingerprint density at radius 1 is 1.39 bits per heavy atom. The Bertz CT molecular complexity index is 688. The number of hydrogen-bond donors (Lipinski definition) is 1. The van der Waals surface area contributed by atoms with Crippen molar-refractivity contribution in [3.05, 3.63) is 57.0 Å². The topological polar surface area (TPSA) is 56.6 Å². The zero-order valence-corrected chi connectivity index (χ0v) is 11.1. The van der Waals surface area contributed by atoms with Crippen LogP contribution in [0.2, 0.25) is 5.02 Å². The third-order valence-electron chi connectivity index (χ3n) is 2.34. The highest BCUT2D eigenvalue weighted by atomic mass is 35.5. The number of benzene rings is 1. The number of aromatic amines is 1. The van der Waals surface area contributed by atoms with E-state index in [9.17, 15) is 4.79 Å². The third-order valence-corrected chi connectivity index (χ3v) is 3.70. The van der Waals surface area contributed by atoms with Gasteiger partial charge in [-0.25, -0.2) is 0 Å². The van der Waals surface area contributed by atoms with E-state index >= 15 is 0 Å². The van der Waals surface area contributed by atoms with Crippen molar-refractivity contribution in [1.29, 1.82) is 5.26 Å². The molecule has 1 aromatic heterocycles. The minimum absolute atomic E-state index is 0.116. The minimum Gasteiger partial charge on any atom is -0.324 e. The zero-order chi connectivity index (χ0) is 13.1. The van der Waals surface area contributed by atoms with Crippen molar-refractivity contribution in [2.24, 2.45) is 0 Å². The average molecular weight is 277 g/mol. The van der Waals surface area contributed by atoms with Gasteiger partial charge in [-0.1, -0.05) is 29.4 Å². The van der Waals surface area contributed by atoms with Gasteiger partial charge in [0.2, 0.25) is 0 Å². The Labute approximate surface area is 113 Å². The summed E-state index contributed by atoms with van der Waals surface area (Å²) in [5.41, 5.74) is 0.500. The highest BCUT2D eigenvalue weighted by Crippen LogP contribution is 2.30. The monoisotopic (exact) mass is 276 g/mol. The largest absolute Gasteiger partial charge is 0.324 e. The summed E-state index contributed by atoms with van der Waals surface area (Å²) in [6.45, 7) is 1.80. The molecule has 0 saturated carbocycles. The lowest BCUT2D eigenvalue weighted by Crippen LogP contribution is -2.11. The average Bonchev–Trinajstić information content (AvgIpc) is 2.33. The molecule has 1 aromatic carbocycles. The van der Waals surface area contributed by atoms with Crippen LogP contribution in [0.1, 0.15) is 11.3 Å². The maximum Gasteiger partial charge on any atom is 0.266 e. The molecule has 3 nitrogen and oxygen atoms in total. The van der Waals surface area contributed by atoms with Gasteiger partial charge in [-0.2, -0.15) is 5.26 Å². The summed E-state index contributed by atoms with van der Waals surface area (Å²) < 4.78 is 0. The van der Waals surface area contributed by atoms with E-state index in [1.54, 1.807) is 19.1 Å². The molecule has 0 atom stereocenters. The van der Waals surface area contributed by atoms with Crippen molar-refractivity contribution in [2.45, 2.75) is 16.7 Å². The standard InChI is InChI=1S/C13H9ClN2OS/c1-8-12(5-9(7-15)13(17)16-8)18-11-4-2-3-10(14)6-11/h2-6H,1H3,(H,16,17). The van der Waals surface area contributed by atoms with E-state index in [4.69, 9.17) is 16.9 Å². The van der Waals surface area contributed by atoms with Crippen LogP contribution in [0.4, 0.5) is 0 Å². The van der Waals surface area contributed by atoms with Crippen LogP contribution in [0, 0.1) is 18.3 Å². The van der Waals surface area contributed by atoms with Crippen LogP contribution in [-0.2, 0) is 0 Å². The Balaban J connectivity index is 2.41. The molecule has 0 fully saturated rings. The molecule has 0 aliphatic rings. The summed E-state index contributed by atoms with van der Waals surface area (Å²) in [5.74, 6) is 0. The first kappa shape index (κ1) is 12.7. The lowest BCUT2D eigenvalue weighted by atomic mass is 10.3. The van der Waals surface area contributed by atoms with E-state index in [2.05, 4.69) is 4.98 Å². The smallest absolute Gasteiger partial charge is 0.266 e. The van der Waals surface area contributed by atoms with Crippen LogP contribution in [0.5, 0.6) is 0 Å². The number of nitrogens with zero attached hydrogens (tertiary/aromatic N) is 1. The number of aryl methyl sites for hydroxylation is 1. The zero-order valence-electron chi connectivity index (χ0n) is 9.53. The predicted molar refractivity (Wildman–Crippen MR) is 72.1 cm³/mol. The minimum atomic E-state index is -0.356. The molecule has 5 heteroatoms. The summed E-state index contributed by atoms with van der Waals surface area (Å²) in [5, 5.41) is 9.50. The first-order valence-electron chi connectivity index (χ1n) is 5.17. The van der Waals surface area contributed by atoms with Gasteiger partial charge in [0.1, 0.15) is 11.6 Å². The number of pyridine rings is 1. The van der Waals surface area contributed by atoms with Gasteiger partial charge in [0.05, 0.1) is 0 Å². The molecular weight excluding hydrogens is 268 g/mol. The van der Waals surface area contributed by atoms with E-state index in [1.807, 2.05) is 24.3 Å². The quantitative estimate of drug-likeness (QED) is 0.915. The third kappa shape index (κ3) is 2.76. The van der Waals surface area contributed by atoms with Crippen molar-refractivity contribution >= 4 is 23.4 Å². The van der Waals surface area contributed by atoms with E-state index in [0.717, 1.165) is 15.5 Å². The van der Waals surface area contributed by atoms with Crippen molar-refractivity contribution in [2.75, 3.05) is 0 Å². The molecule has 0 spiro atoms. The van der Waals surface area contributed by atoms with Crippen molar-refractivity contribution in [1.82, 2.24) is 4.98 Å². The Hall–Kier alpha value is -1.70. The van der Waals surface area contributed by atoms with E-state index < -0.39 is 0 Å². The van der Waals surface area contributed by atoms with Gasteiger partial charge in [0.15, 0.2) is 0 Å². The van der Waals surface area contributed by atoms with E-state index in [-0.39, 0.29) is 11.1 Å². The molecule has 90 valence electrons. The van der Waals surface area contributed by atoms with Crippen molar-refractivity contribution in [3.8, 4) is 6.07 Å². The van der Waals surface area contributed by atoms with Gasteiger partial charge in [0.25, 0.3) is 5.56 Å². The molecular formula is C13H9ClN2OS. The Morgan fingerprint density at radius 2 is 2.17 bits per heavy atom. The highest BCUT2D eigenvalue weighted by molar-refractivity contribution is 7.99. The molecule has 2 aromatic rings. The lowest BCUT2D eigenvalue weighted by Gasteiger charge is -2.05. The maximum absolute atomic E-state index is 11.4. The molecule has 0 amide bonds. The molecule has 18 heavy (non-hydrogen) atoms. The van der Waals surface area contributed by atoms with Gasteiger partial charge in [-0.15, -0.1) is 0 Å². The van der Waals surface area contributed by atoms with E-state index in [0.29, 0.717) is 5.02 Å². The second-order valence-corrected chi connectivity index (χ2v) is 5.22. The van der Waals surface area contributed by atoms with Crippen LogP contribution in [0.3, 0.4) is 0 Å². The first-order chi connectivity index (χ1) is 8.60. The molecule has 0 saturated heterocycles. The lowest BCUT2D eigenvalue weighted by molar-refractivity contribution is 1.06. The van der Waals surface area contributed by atoms with Crippen LogP contribution in [0.25, 0.3) is 0 Å². The first-order valence-corrected chi connectivity index (χ1v) is 6.37. The summed E-state index contributed by atoms with van der Waals surface area (Å²) >= 11 is 7.37. The number of aromatic nitrogens is 1. The Kier molecular flexibility index (Phi) is 3.75. The second kappa shape index (κ2) is 5.30. The Morgan fingerprint density at radius 3 is 2.83 bits per heavy atom. The number of H-pyrrole nitrogens is 1. The molecule has 0 radical (unpaired) electrons. The fourth-order valence-electron chi connectivity index (χ4n) is 1.45. The van der Waals surface area contributed by atoms with Gasteiger partial charge in [-0.3, -0.25) is 4.79 Å². The maximum atomic E-state index is 11.4. The summed E-state index contributed by atoms with van der Waals surface area (Å²) in [7, 11) is 0. The summed E-state index contributed by atoms with van der Waals surface area (Å²) in [6.07, 6.45) is 0. The normalized spacial score (nSPS) is 10.1. The molecule has 0 aliphatic carbocycles. The molecule has 1 heterocycles. The number of hydrogen-bond acceptors (Lipinski definition) is 3. The molecule has 1 N–H and O–H groups in total. The number of halogens is 1. The number of nitriles is 1. The van der Waals surface area contributed by atoms with Crippen LogP contribution in [-0.4, -0.2) is 4.98 Å². The SMILES string of the molecule is Cc1[nH]c(=O)c(C#N)cc1Sc1cccc(Cl)c1. The fourth-order valence-corrected chi connectivity index (χ4v) is 2.67. The van der Waals surface area contributed by atoms with E-state index in [1.165, 1.54) is 11.8 Å². The summed E-state index contributed by atoms with van der Waals surface area (Å²) in [6, 6.07) is 10.9. The van der Waals surface area contributed by atoms with Gasteiger partial charge in [-0.05, 0) is 31.2 Å². The van der Waals surface area contributed by atoms with Crippen molar-refractivity contribution < 1.29 is 0 Å². The van der Waals surface area contributed by atoms with Gasteiger partial charge in [0, 0.05) is 20.5 Å². The predicted octanol–water partition coefficient (Wildman–Crippen LogP) is 3.36. The highest BCUT2D eigenvalue weighted by Gasteiger charge is 2.07. The number of nitrogens with one attached hydrogen (secondary N) is 1. The molecule has 0 unspecified atom stereocenters. The van der Waals surface area contributed by atoms with Gasteiger partial charge >= 0.3 is 0 Å². The molecule has 0 bridgehead atoms. The van der Waals surface area contributed by atoms with Crippen LogP contribution < -0.4 is 5.56 Å². The molecule has 2 rings (SSSR count). The second-order valence-electron chi connectivity index (χ2n) is 3.67. The van der Waals surface area contributed by atoms with Crippen LogP contribution >= 0.6 is 23.4 Å². The number of rotatable bonds is 2.